The molecule has 2 N–H and O–H groups in total. The van der Waals surface area contributed by atoms with E-state index < -0.39 is 0 Å². The molecule has 3 heteroatoms. The van der Waals surface area contributed by atoms with Crippen molar-refractivity contribution < 1.29 is 0 Å². The van der Waals surface area contributed by atoms with Crippen LogP contribution in [0.5, 0.6) is 0 Å². The first-order valence-electron chi connectivity index (χ1n) is 7.98. The summed E-state index contributed by atoms with van der Waals surface area (Å²) in [6.45, 7) is 8.90. The second kappa shape index (κ2) is 7.99. The zero-order chi connectivity index (χ0) is 15.1. The van der Waals surface area contributed by atoms with Gasteiger partial charge in [0.2, 0.25) is 0 Å². The van der Waals surface area contributed by atoms with E-state index in [1.165, 1.54) is 18.5 Å². The molecule has 0 spiro atoms. The summed E-state index contributed by atoms with van der Waals surface area (Å²) in [6.07, 6.45) is 6.81. The van der Waals surface area contributed by atoms with Crippen molar-refractivity contribution in [3.05, 3.63) is 17.3 Å². The number of nitrogens with zero attached hydrogens (tertiary/aromatic N) is 2. The zero-order valence-electron chi connectivity index (χ0n) is 13.4. The lowest BCUT2D eigenvalue weighted by atomic mass is 9.97. The van der Waals surface area contributed by atoms with Gasteiger partial charge in [-0.3, -0.25) is 0 Å². The molecule has 0 aliphatic heterocycles. The lowest BCUT2D eigenvalue weighted by Gasteiger charge is -2.24. The topological polar surface area (TPSA) is 54.7 Å². The average Bonchev–Trinajstić information content (AvgIpc) is 2.79. The van der Waals surface area contributed by atoms with Crippen LogP contribution in [0.3, 0.4) is 0 Å². The maximum absolute atomic E-state index is 9.18. The number of aromatic nitrogens is 1. The van der Waals surface area contributed by atoms with E-state index >= 15 is 0 Å². The van der Waals surface area contributed by atoms with Crippen LogP contribution in [0.2, 0.25) is 0 Å². The van der Waals surface area contributed by atoms with Crippen LogP contribution in [0.1, 0.15) is 77.1 Å². The Bertz CT molecular complexity index is 454. The highest BCUT2D eigenvalue weighted by molar-refractivity contribution is 5.53. The fraction of sp³-hybridized carbons (Fsp3) is 0.706. The van der Waals surface area contributed by atoms with Crippen LogP contribution in [-0.4, -0.2) is 4.57 Å². The maximum atomic E-state index is 9.18. The van der Waals surface area contributed by atoms with E-state index in [0.717, 1.165) is 31.6 Å². The minimum absolute atomic E-state index is 0.436. The van der Waals surface area contributed by atoms with E-state index in [0.29, 0.717) is 17.4 Å². The maximum Gasteiger partial charge on any atom is 0.121 e. The van der Waals surface area contributed by atoms with Gasteiger partial charge in [0.1, 0.15) is 11.9 Å². The summed E-state index contributed by atoms with van der Waals surface area (Å²) in [5, 5.41) is 9.18. The summed E-state index contributed by atoms with van der Waals surface area (Å²) in [4.78, 5) is 0. The molecule has 0 saturated heterocycles. The summed E-state index contributed by atoms with van der Waals surface area (Å²) in [5.74, 6) is 1.42. The number of hydrogen-bond acceptors (Lipinski definition) is 2. The SMILES string of the molecule is CCCC(CCC(C)CC)n1c(CC)cc(C#N)c1N. The van der Waals surface area contributed by atoms with Gasteiger partial charge in [-0.1, -0.05) is 40.5 Å². The number of nitriles is 1. The summed E-state index contributed by atoms with van der Waals surface area (Å²) in [5.41, 5.74) is 8.03. The molecule has 3 nitrogen and oxygen atoms in total. The molecule has 112 valence electrons. The van der Waals surface area contributed by atoms with Crippen LogP contribution in [0.25, 0.3) is 0 Å². The van der Waals surface area contributed by atoms with E-state index in [4.69, 9.17) is 5.73 Å². The van der Waals surface area contributed by atoms with Gasteiger partial charge in [-0.25, -0.2) is 0 Å². The molecule has 2 unspecified atom stereocenters. The van der Waals surface area contributed by atoms with Gasteiger partial charge in [-0.15, -0.1) is 0 Å². The number of nitrogen functional groups attached to an aromatic ring is 1. The normalized spacial score (nSPS) is 13.9. The van der Waals surface area contributed by atoms with Crippen LogP contribution in [0, 0.1) is 17.2 Å². The molecule has 1 aromatic heterocycles. The minimum atomic E-state index is 0.436. The second-order valence-corrected chi connectivity index (χ2v) is 5.80. The Kier molecular flexibility index (Phi) is 6.64. The number of aryl methyl sites for hydroxylation is 1. The standard InChI is InChI=1S/C17H29N3/c1-5-8-16(10-9-13(4)6-2)20-15(7-3)11-14(12-18)17(20)19/h11,13,16H,5-10,19H2,1-4H3. The Morgan fingerprint density at radius 1 is 1.25 bits per heavy atom. The van der Waals surface area contributed by atoms with Crippen LogP contribution < -0.4 is 5.73 Å². The summed E-state index contributed by atoms with van der Waals surface area (Å²) in [6, 6.07) is 4.61. The summed E-state index contributed by atoms with van der Waals surface area (Å²) in [7, 11) is 0. The molecule has 0 radical (unpaired) electrons. The van der Waals surface area contributed by atoms with Gasteiger partial charge in [-0.05, 0) is 37.7 Å². The van der Waals surface area contributed by atoms with Gasteiger partial charge in [0.15, 0.2) is 0 Å². The van der Waals surface area contributed by atoms with Crippen molar-refractivity contribution in [1.82, 2.24) is 4.57 Å². The minimum Gasteiger partial charge on any atom is -0.384 e. The number of rotatable bonds is 8. The summed E-state index contributed by atoms with van der Waals surface area (Å²) >= 11 is 0. The van der Waals surface area contributed by atoms with Crippen molar-refractivity contribution in [3.63, 3.8) is 0 Å². The fourth-order valence-electron chi connectivity index (χ4n) is 2.80. The lowest BCUT2D eigenvalue weighted by Crippen LogP contribution is -2.15. The Hall–Kier alpha value is -1.43. The predicted octanol–water partition coefficient (Wildman–Crippen LogP) is 4.67. The molecule has 0 aliphatic rings. The Morgan fingerprint density at radius 3 is 2.45 bits per heavy atom. The van der Waals surface area contributed by atoms with Crippen molar-refractivity contribution >= 4 is 5.82 Å². The average molecular weight is 275 g/mol. The van der Waals surface area contributed by atoms with Crippen molar-refractivity contribution in [2.24, 2.45) is 5.92 Å². The third-order valence-corrected chi connectivity index (χ3v) is 4.32. The smallest absolute Gasteiger partial charge is 0.121 e. The zero-order valence-corrected chi connectivity index (χ0v) is 13.4. The monoisotopic (exact) mass is 275 g/mol. The molecule has 20 heavy (non-hydrogen) atoms. The Labute approximate surface area is 123 Å². The van der Waals surface area contributed by atoms with Crippen LogP contribution in [0.15, 0.2) is 6.07 Å². The molecule has 2 atom stereocenters. The van der Waals surface area contributed by atoms with Crippen molar-refractivity contribution in [3.8, 4) is 6.07 Å². The molecular formula is C17H29N3. The van der Waals surface area contributed by atoms with Gasteiger partial charge in [0, 0.05) is 11.7 Å². The van der Waals surface area contributed by atoms with Crippen LogP contribution >= 0.6 is 0 Å². The largest absolute Gasteiger partial charge is 0.384 e. The highest BCUT2D eigenvalue weighted by Crippen LogP contribution is 2.31. The van der Waals surface area contributed by atoms with E-state index in [2.05, 4.69) is 38.3 Å². The van der Waals surface area contributed by atoms with Crippen molar-refractivity contribution in [2.75, 3.05) is 5.73 Å². The fourth-order valence-corrected chi connectivity index (χ4v) is 2.80. The lowest BCUT2D eigenvalue weighted by molar-refractivity contribution is 0.373. The number of hydrogen-bond donors (Lipinski definition) is 1. The van der Waals surface area contributed by atoms with Gasteiger partial charge in [-0.2, -0.15) is 5.26 Å². The number of anilines is 1. The van der Waals surface area contributed by atoms with Gasteiger partial charge < -0.3 is 10.3 Å². The van der Waals surface area contributed by atoms with E-state index in [-0.39, 0.29) is 0 Å². The predicted molar refractivity (Wildman–Crippen MR) is 85.6 cm³/mol. The van der Waals surface area contributed by atoms with Gasteiger partial charge in [0.25, 0.3) is 0 Å². The molecule has 0 bridgehead atoms. The molecule has 0 amide bonds. The van der Waals surface area contributed by atoms with E-state index in [1.807, 2.05) is 6.07 Å². The Balaban J connectivity index is 3.01. The first-order chi connectivity index (χ1) is 9.58. The first kappa shape index (κ1) is 16.6. The van der Waals surface area contributed by atoms with Crippen molar-refractivity contribution in [2.45, 2.75) is 72.3 Å². The molecule has 0 fully saturated rings. The Morgan fingerprint density at radius 2 is 1.95 bits per heavy atom. The van der Waals surface area contributed by atoms with E-state index in [1.54, 1.807) is 0 Å². The highest BCUT2D eigenvalue weighted by Gasteiger charge is 2.19. The molecule has 1 aromatic rings. The molecule has 1 rings (SSSR count). The molecule has 0 saturated carbocycles. The van der Waals surface area contributed by atoms with Crippen LogP contribution in [-0.2, 0) is 6.42 Å². The summed E-state index contributed by atoms with van der Waals surface area (Å²) < 4.78 is 2.23. The van der Waals surface area contributed by atoms with E-state index in [9.17, 15) is 5.26 Å². The molecule has 0 aromatic carbocycles. The quantitative estimate of drug-likeness (QED) is 0.749. The second-order valence-electron chi connectivity index (χ2n) is 5.80. The molecular weight excluding hydrogens is 246 g/mol. The van der Waals surface area contributed by atoms with Crippen molar-refractivity contribution in [1.29, 1.82) is 5.26 Å². The third kappa shape index (κ3) is 3.79. The first-order valence-corrected chi connectivity index (χ1v) is 7.98. The van der Waals surface area contributed by atoms with Gasteiger partial charge >= 0.3 is 0 Å². The van der Waals surface area contributed by atoms with Crippen LogP contribution in [0.4, 0.5) is 5.82 Å². The molecule has 0 aliphatic carbocycles. The number of nitrogens with two attached hydrogens (primary N) is 1. The third-order valence-electron chi connectivity index (χ3n) is 4.32. The van der Waals surface area contributed by atoms with Gasteiger partial charge in [0.05, 0.1) is 5.56 Å². The highest BCUT2D eigenvalue weighted by atomic mass is 15.1. The molecule has 1 heterocycles.